The number of carboxylic acids is 1. The van der Waals surface area contributed by atoms with Gasteiger partial charge in [0.25, 0.3) is 0 Å². The molecule has 0 amide bonds. The maximum atomic E-state index is 10.5. The highest BCUT2D eigenvalue weighted by Crippen LogP contribution is 2.06. The first-order valence-corrected chi connectivity index (χ1v) is 3.07. The van der Waals surface area contributed by atoms with Crippen LogP contribution in [0.15, 0.2) is 12.1 Å². The fourth-order valence-corrected chi connectivity index (χ4v) is 0.760. The van der Waals surface area contributed by atoms with Crippen molar-refractivity contribution in [1.29, 1.82) is 0 Å². The number of carbonyl (C=O) groups is 1. The standard InChI is InChI=1S/C7H8N2O2/c1-4-2-3-5(8)9-6(4)7(10)11/h2-3H,1H3,(H2,8,9)(H,10,11). The van der Waals surface area contributed by atoms with Gasteiger partial charge in [-0.15, -0.1) is 0 Å². The van der Waals surface area contributed by atoms with Crippen LogP contribution in [0.25, 0.3) is 0 Å². The van der Waals surface area contributed by atoms with Crippen molar-refractivity contribution in [3.8, 4) is 0 Å². The van der Waals surface area contributed by atoms with Crippen LogP contribution >= 0.6 is 0 Å². The molecule has 0 spiro atoms. The van der Waals surface area contributed by atoms with E-state index in [1.165, 1.54) is 0 Å². The number of nitrogens with two attached hydrogens (primary N) is 1. The number of rotatable bonds is 1. The SMILES string of the molecule is Cc1ccc(N)nc1C(=O)O. The minimum atomic E-state index is -1.05. The van der Waals surface area contributed by atoms with Gasteiger partial charge < -0.3 is 10.8 Å². The average molecular weight is 152 g/mol. The molecule has 3 N–H and O–H groups in total. The lowest BCUT2D eigenvalue weighted by atomic mass is 10.2. The van der Waals surface area contributed by atoms with Crippen LogP contribution in [0.1, 0.15) is 16.1 Å². The topological polar surface area (TPSA) is 76.2 Å². The first-order chi connectivity index (χ1) is 5.11. The van der Waals surface area contributed by atoms with E-state index in [-0.39, 0.29) is 11.5 Å². The van der Waals surface area contributed by atoms with E-state index in [1.807, 2.05) is 0 Å². The molecule has 4 heteroatoms. The summed E-state index contributed by atoms with van der Waals surface area (Å²) >= 11 is 0. The van der Waals surface area contributed by atoms with E-state index in [9.17, 15) is 4.79 Å². The van der Waals surface area contributed by atoms with Gasteiger partial charge in [0.15, 0.2) is 5.69 Å². The van der Waals surface area contributed by atoms with Crippen molar-refractivity contribution in [2.75, 3.05) is 5.73 Å². The van der Waals surface area contributed by atoms with Crippen molar-refractivity contribution in [2.24, 2.45) is 0 Å². The zero-order valence-electron chi connectivity index (χ0n) is 6.03. The highest BCUT2D eigenvalue weighted by Gasteiger charge is 2.07. The Morgan fingerprint density at radius 3 is 2.73 bits per heavy atom. The van der Waals surface area contributed by atoms with Crippen molar-refractivity contribution >= 4 is 11.8 Å². The van der Waals surface area contributed by atoms with Gasteiger partial charge in [-0.05, 0) is 18.6 Å². The van der Waals surface area contributed by atoms with Gasteiger partial charge >= 0.3 is 5.97 Å². The maximum absolute atomic E-state index is 10.5. The third-order valence-electron chi connectivity index (χ3n) is 1.32. The summed E-state index contributed by atoms with van der Waals surface area (Å²) in [5.74, 6) is -0.817. The molecule has 0 unspecified atom stereocenters. The fraction of sp³-hybridized carbons (Fsp3) is 0.143. The second-order valence-corrected chi connectivity index (χ2v) is 2.21. The van der Waals surface area contributed by atoms with E-state index in [1.54, 1.807) is 19.1 Å². The van der Waals surface area contributed by atoms with Crippen LogP contribution in [0, 0.1) is 6.92 Å². The smallest absolute Gasteiger partial charge is 0.354 e. The van der Waals surface area contributed by atoms with Crippen molar-refractivity contribution in [3.63, 3.8) is 0 Å². The maximum Gasteiger partial charge on any atom is 0.354 e. The average Bonchev–Trinajstić information content (AvgIpc) is 1.94. The molecule has 1 aromatic rings. The number of nitrogen functional groups attached to an aromatic ring is 1. The molecule has 4 nitrogen and oxygen atoms in total. The number of nitrogens with zero attached hydrogens (tertiary/aromatic N) is 1. The second-order valence-electron chi connectivity index (χ2n) is 2.21. The zero-order valence-corrected chi connectivity index (χ0v) is 6.03. The summed E-state index contributed by atoms with van der Waals surface area (Å²) < 4.78 is 0. The number of aromatic carboxylic acids is 1. The van der Waals surface area contributed by atoms with Crippen LogP contribution in [-0.4, -0.2) is 16.1 Å². The Morgan fingerprint density at radius 2 is 2.27 bits per heavy atom. The zero-order chi connectivity index (χ0) is 8.43. The quantitative estimate of drug-likeness (QED) is 0.620. The van der Waals surface area contributed by atoms with E-state index in [0.29, 0.717) is 5.56 Å². The van der Waals surface area contributed by atoms with Crippen molar-refractivity contribution in [3.05, 3.63) is 23.4 Å². The Labute approximate surface area is 63.7 Å². The number of aromatic nitrogens is 1. The van der Waals surface area contributed by atoms with Crippen LogP contribution < -0.4 is 5.73 Å². The molecule has 0 atom stereocenters. The van der Waals surface area contributed by atoms with Gasteiger partial charge in [0.05, 0.1) is 0 Å². The summed E-state index contributed by atoms with van der Waals surface area (Å²) in [6, 6.07) is 3.20. The van der Waals surface area contributed by atoms with Gasteiger partial charge in [-0.25, -0.2) is 9.78 Å². The number of pyridine rings is 1. The lowest BCUT2D eigenvalue weighted by Crippen LogP contribution is -2.05. The molecule has 1 rings (SSSR count). The van der Waals surface area contributed by atoms with E-state index in [0.717, 1.165) is 0 Å². The lowest BCUT2D eigenvalue weighted by molar-refractivity contribution is 0.0690. The first kappa shape index (κ1) is 7.53. The summed E-state index contributed by atoms with van der Waals surface area (Å²) in [6.07, 6.45) is 0. The van der Waals surface area contributed by atoms with Crippen molar-refractivity contribution < 1.29 is 9.90 Å². The minimum absolute atomic E-state index is 0.0185. The Bertz CT molecular complexity index is 296. The molecule has 0 saturated carbocycles. The Kier molecular flexibility index (Phi) is 1.76. The first-order valence-electron chi connectivity index (χ1n) is 3.07. The monoisotopic (exact) mass is 152 g/mol. The molecule has 0 fully saturated rings. The number of anilines is 1. The fourth-order valence-electron chi connectivity index (χ4n) is 0.760. The summed E-state index contributed by atoms with van der Waals surface area (Å²) in [7, 11) is 0. The molecular formula is C7H8N2O2. The largest absolute Gasteiger partial charge is 0.477 e. The Hall–Kier alpha value is -1.58. The Balaban J connectivity index is 3.23. The van der Waals surface area contributed by atoms with E-state index < -0.39 is 5.97 Å². The number of hydrogen-bond acceptors (Lipinski definition) is 3. The van der Waals surface area contributed by atoms with Crippen molar-refractivity contribution in [2.45, 2.75) is 6.92 Å². The van der Waals surface area contributed by atoms with Gasteiger partial charge in [0.1, 0.15) is 5.82 Å². The summed E-state index contributed by atoms with van der Waals surface area (Å²) in [4.78, 5) is 14.1. The third-order valence-corrected chi connectivity index (χ3v) is 1.32. The third kappa shape index (κ3) is 1.46. The molecule has 1 heterocycles. The van der Waals surface area contributed by atoms with Crippen LogP contribution in [-0.2, 0) is 0 Å². The highest BCUT2D eigenvalue weighted by molar-refractivity contribution is 5.87. The number of aryl methyl sites for hydroxylation is 1. The normalized spacial score (nSPS) is 9.55. The van der Waals surface area contributed by atoms with Gasteiger partial charge in [0.2, 0.25) is 0 Å². The predicted octanol–water partition coefficient (Wildman–Crippen LogP) is 0.670. The molecule has 0 bridgehead atoms. The molecule has 0 aromatic carbocycles. The second kappa shape index (κ2) is 2.57. The van der Waals surface area contributed by atoms with Crippen LogP contribution in [0.3, 0.4) is 0 Å². The van der Waals surface area contributed by atoms with Crippen LogP contribution in [0.5, 0.6) is 0 Å². The predicted molar refractivity (Wildman–Crippen MR) is 40.3 cm³/mol. The molecule has 11 heavy (non-hydrogen) atoms. The molecule has 58 valence electrons. The van der Waals surface area contributed by atoms with E-state index >= 15 is 0 Å². The van der Waals surface area contributed by atoms with Gasteiger partial charge in [0, 0.05) is 0 Å². The molecule has 0 radical (unpaired) electrons. The number of hydrogen-bond donors (Lipinski definition) is 2. The molecule has 1 aromatic heterocycles. The van der Waals surface area contributed by atoms with Gasteiger partial charge in [-0.1, -0.05) is 6.07 Å². The molecule has 0 aliphatic carbocycles. The van der Waals surface area contributed by atoms with Gasteiger partial charge in [-0.3, -0.25) is 0 Å². The Morgan fingerprint density at radius 1 is 1.64 bits per heavy atom. The summed E-state index contributed by atoms with van der Waals surface area (Å²) in [5.41, 5.74) is 5.93. The molecular weight excluding hydrogens is 144 g/mol. The highest BCUT2D eigenvalue weighted by atomic mass is 16.4. The lowest BCUT2D eigenvalue weighted by Gasteiger charge is -1.98. The van der Waals surface area contributed by atoms with Crippen molar-refractivity contribution in [1.82, 2.24) is 4.98 Å². The van der Waals surface area contributed by atoms with Crippen LogP contribution in [0.4, 0.5) is 5.82 Å². The molecule has 0 saturated heterocycles. The number of carboxylic acid groups (broad SMARTS) is 1. The minimum Gasteiger partial charge on any atom is -0.477 e. The van der Waals surface area contributed by atoms with E-state index in [4.69, 9.17) is 10.8 Å². The van der Waals surface area contributed by atoms with Gasteiger partial charge in [-0.2, -0.15) is 0 Å². The molecule has 0 aliphatic heterocycles. The van der Waals surface area contributed by atoms with Crippen LogP contribution in [0.2, 0.25) is 0 Å². The van der Waals surface area contributed by atoms with E-state index in [2.05, 4.69) is 4.98 Å². The molecule has 0 aliphatic rings. The summed E-state index contributed by atoms with van der Waals surface area (Å²) in [6.45, 7) is 1.68. The summed E-state index contributed by atoms with van der Waals surface area (Å²) in [5, 5.41) is 8.57.